The highest BCUT2D eigenvalue weighted by Gasteiger charge is 2.31. The first-order valence-electron chi connectivity index (χ1n) is 9.21. The van der Waals surface area contributed by atoms with Gasteiger partial charge in [0.25, 0.3) is 0 Å². The molecule has 3 N–H and O–H groups in total. The van der Waals surface area contributed by atoms with Crippen LogP contribution in [0.5, 0.6) is 0 Å². The molecule has 0 bridgehead atoms. The van der Waals surface area contributed by atoms with E-state index in [0.29, 0.717) is 18.1 Å². The third-order valence-electron chi connectivity index (χ3n) is 5.72. The molecular formula is C17H31N3O2. The zero-order chi connectivity index (χ0) is 15.4. The molecular weight excluding hydrogens is 278 g/mol. The first kappa shape index (κ1) is 16.1. The molecule has 2 atom stereocenters. The van der Waals surface area contributed by atoms with Crippen molar-refractivity contribution in [2.45, 2.75) is 88.4 Å². The smallest absolute Gasteiger partial charge is 0.315 e. The van der Waals surface area contributed by atoms with Crippen LogP contribution in [0.3, 0.4) is 0 Å². The molecule has 3 fully saturated rings. The Bertz CT molecular complexity index is 363. The van der Waals surface area contributed by atoms with E-state index < -0.39 is 0 Å². The summed E-state index contributed by atoms with van der Waals surface area (Å²) in [6.45, 7) is 1.99. The lowest BCUT2D eigenvalue weighted by Crippen LogP contribution is -2.53. The fourth-order valence-corrected chi connectivity index (χ4v) is 4.38. The molecule has 126 valence electrons. The molecule has 0 spiro atoms. The van der Waals surface area contributed by atoms with E-state index in [1.165, 1.54) is 19.3 Å². The van der Waals surface area contributed by atoms with Gasteiger partial charge < -0.3 is 15.7 Å². The van der Waals surface area contributed by atoms with Crippen molar-refractivity contribution >= 4 is 6.03 Å². The number of carbonyl (C=O) groups excluding carboxylic acids is 1. The molecule has 0 radical (unpaired) electrons. The van der Waals surface area contributed by atoms with Gasteiger partial charge in [0.05, 0.1) is 6.10 Å². The Kier molecular flexibility index (Phi) is 5.58. The van der Waals surface area contributed by atoms with Crippen molar-refractivity contribution < 1.29 is 9.90 Å². The Balaban J connectivity index is 1.38. The number of urea groups is 1. The minimum atomic E-state index is -0.149. The van der Waals surface area contributed by atoms with Crippen LogP contribution in [0, 0.1) is 0 Å². The topological polar surface area (TPSA) is 64.6 Å². The average molecular weight is 309 g/mol. The number of hydrogen-bond donors (Lipinski definition) is 3. The molecule has 22 heavy (non-hydrogen) atoms. The van der Waals surface area contributed by atoms with Crippen LogP contribution in [0.1, 0.15) is 64.2 Å². The van der Waals surface area contributed by atoms with Crippen LogP contribution < -0.4 is 10.6 Å². The number of carbonyl (C=O) groups is 1. The van der Waals surface area contributed by atoms with E-state index in [-0.39, 0.29) is 12.1 Å². The van der Waals surface area contributed by atoms with Crippen molar-refractivity contribution in [2.75, 3.05) is 13.1 Å². The lowest BCUT2D eigenvalue weighted by atomic mass is 9.89. The standard InChI is InChI=1S/C17H31N3O2/c21-16-8-4-3-7-15(16)20-11-9-14(10-12-20)19-17(22)18-13-5-1-2-6-13/h13-16,21H,1-12H2,(H2,18,19,22). The molecule has 2 amide bonds. The molecule has 2 unspecified atom stereocenters. The maximum absolute atomic E-state index is 12.0. The molecule has 0 aromatic rings. The Morgan fingerprint density at radius 1 is 0.818 bits per heavy atom. The van der Waals surface area contributed by atoms with Gasteiger partial charge in [-0.05, 0) is 38.5 Å². The summed E-state index contributed by atoms with van der Waals surface area (Å²) in [5.41, 5.74) is 0. The van der Waals surface area contributed by atoms with Gasteiger partial charge in [0.1, 0.15) is 0 Å². The second-order valence-corrected chi connectivity index (χ2v) is 7.33. The lowest BCUT2D eigenvalue weighted by Gasteiger charge is -2.41. The quantitative estimate of drug-likeness (QED) is 0.747. The van der Waals surface area contributed by atoms with E-state index in [1.54, 1.807) is 0 Å². The SMILES string of the molecule is O=C(NC1CCCC1)NC1CCN(C2CCCCC2O)CC1. The lowest BCUT2D eigenvalue weighted by molar-refractivity contribution is 0.00775. The van der Waals surface area contributed by atoms with Crippen LogP contribution in [0.2, 0.25) is 0 Å². The molecule has 0 aromatic heterocycles. The van der Waals surface area contributed by atoms with Crippen LogP contribution >= 0.6 is 0 Å². The predicted molar refractivity (Wildman–Crippen MR) is 86.8 cm³/mol. The van der Waals surface area contributed by atoms with Crippen molar-refractivity contribution in [3.63, 3.8) is 0 Å². The monoisotopic (exact) mass is 309 g/mol. The van der Waals surface area contributed by atoms with Gasteiger partial charge in [-0.25, -0.2) is 4.79 Å². The maximum atomic E-state index is 12.0. The summed E-state index contributed by atoms with van der Waals surface area (Å²) in [6, 6.07) is 1.04. The molecule has 1 saturated heterocycles. The highest BCUT2D eigenvalue weighted by molar-refractivity contribution is 5.74. The van der Waals surface area contributed by atoms with Crippen LogP contribution in [-0.2, 0) is 0 Å². The normalized spacial score (nSPS) is 32.0. The summed E-state index contributed by atoms with van der Waals surface area (Å²) in [5.74, 6) is 0. The van der Waals surface area contributed by atoms with E-state index in [0.717, 1.165) is 58.0 Å². The second-order valence-electron chi connectivity index (χ2n) is 7.33. The van der Waals surface area contributed by atoms with Crippen molar-refractivity contribution in [1.29, 1.82) is 0 Å². The summed E-state index contributed by atoms with van der Waals surface area (Å²) in [7, 11) is 0. The zero-order valence-electron chi connectivity index (χ0n) is 13.6. The Hall–Kier alpha value is -0.810. The second kappa shape index (κ2) is 7.64. The van der Waals surface area contributed by atoms with Gasteiger partial charge in [-0.3, -0.25) is 4.90 Å². The van der Waals surface area contributed by atoms with E-state index in [1.807, 2.05) is 0 Å². The number of aliphatic hydroxyl groups excluding tert-OH is 1. The highest BCUT2D eigenvalue weighted by Crippen LogP contribution is 2.26. The third-order valence-corrected chi connectivity index (χ3v) is 5.72. The summed E-state index contributed by atoms with van der Waals surface area (Å²) in [5, 5.41) is 16.4. The first-order valence-corrected chi connectivity index (χ1v) is 9.21. The predicted octanol–water partition coefficient (Wildman–Crippen LogP) is 2.00. The Labute approximate surface area is 133 Å². The number of piperidine rings is 1. The number of aliphatic hydroxyl groups is 1. The van der Waals surface area contributed by atoms with Crippen molar-refractivity contribution in [2.24, 2.45) is 0 Å². The van der Waals surface area contributed by atoms with Gasteiger partial charge in [0, 0.05) is 31.2 Å². The van der Waals surface area contributed by atoms with E-state index in [9.17, 15) is 9.90 Å². The highest BCUT2D eigenvalue weighted by atomic mass is 16.3. The van der Waals surface area contributed by atoms with Gasteiger partial charge in [-0.2, -0.15) is 0 Å². The third kappa shape index (κ3) is 4.13. The molecule has 2 saturated carbocycles. The molecule has 3 aliphatic rings. The minimum absolute atomic E-state index is 0.0167. The fraction of sp³-hybridized carbons (Fsp3) is 0.941. The summed E-state index contributed by atoms with van der Waals surface area (Å²) >= 11 is 0. The number of rotatable bonds is 3. The fourth-order valence-electron chi connectivity index (χ4n) is 4.38. The number of likely N-dealkylation sites (tertiary alicyclic amines) is 1. The first-order chi connectivity index (χ1) is 10.7. The van der Waals surface area contributed by atoms with Crippen LogP contribution in [-0.4, -0.2) is 53.4 Å². The van der Waals surface area contributed by atoms with Crippen LogP contribution in [0.25, 0.3) is 0 Å². The maximum Gasteiger partial charge on any atom is 0.315 e. The largest absolute Gasteiger partial charge is 0.391 e. The van der Waals surface area contributed by atoms with E-state index in [4.69, 9.17) is 0 Å². The van der Waals surface area contributed by atoms with Gasteiger partial charge in [0.2, 0.25) is 0 Å². The zero-order valence-corrected chi connectivity index (χ0v) is 13.6. The van der Waals surface area contributed by atoms with Gasteiger partial charge in [-0.1, -0.05) is 25.7 Å². The number of nitrogens with zero attached hydrogens (tertiary/aromatic N) is 1. The summed E-state index contributed by atoms with van der Waals surface area (Å²) in [4.78, 5) is 14.5. The molecule has 2 aliphatic carbocycles. The van der Waals surface area contributed by atoms with Crippen molar-refractivity contribution in [1.82, 2.24) is 15.5 Å². The minimum Gasteiger partial charge on any atom is -0.391 e. The summed E-state index contributed by atoms with van der Waals surface area (Å²) < 4.78 is 0. The van der Waals surface area contributed by atoms with Crippen LogP contribution in [0.15, 0.2) is 0 Å². The van der Waals surface area contributed by atoms with Gasteiger partial charge in [-0.15, -0.1) is 0 Å². The average Bonchev–Trinajstić information content (AvgIpc) is 3.01. The van der Waals surface area contributed by atoms with Gasteiger partial charge >= 0.3 is 6.03 Å². The molecule has 1 aliphatic heterocycles. The van der Waals surface area contributed by atoms with E-state index in [2.05, 4.69) is 15.5 Å². The summed E-state index contributed by atoms with van der Waals surface area (Å²) in [6.07, 6.45) is 11.1. The van der Waals surface area contributed by atoms with Gasteiger partial charge in [0.15, 0.2) is 0 Å². The van der Waals surface area contributed by atoms with E-state index >= 15 is 0 Å². The molecule has 5 nitrogen and oxygen atoms in total. The Morgan fingerprint density at radius 2 is 1.36 bits per heavy atom. The molecule has 5 heteroatoms. The number of amides is 2. The molecule has 0 aromatic carbocycles. The Morgan fingerprint density at radius 3 is 2.00 bits per heavy atom. The van der Waals surface area contributed by atoms with Crippen LogP contribution in [0.4, 0.5) is 4.79 Å². The van der Waals surface area contributed by atoms with Crippen molar-refractivity contribution in [3.8, 4) is 0 Å². The number of hydrogen-bond acceptors (Lipinski definition) is 3. The van der Waals surface area contributed by atoms with Crippen molar-refractivity contribution in [3.05, 3.63) is 0 Å². The molecule has 3 rings (SSSR count). The molecule has 1 heterocycles. The number of nitrogens with one attached hydrogen (secondary N) is 2.